The monoisotopic (exact) mass is 464 g/mol. The molecular weight excluding hydrogens is 443 g/mol. The van der Waals surface area contributed by atoms with E-state index in [9.17, 15) is 0 Å². The Kier molecular flexibility index (Phi) is 5.04. The molecule has 9 heteroatoms. The molecule has 5 heterocycles. The lowest BCUT2D eigenvalue weighted by Crippen LogP contribution is -2.10. The molecule has 0 bridgehead atoms. The molecule has 0 fully saturated rings. The van der Waals surface area contributed by atoms with E-state index in [1.54, 1.807) is 31.0 Å². The van der Waals surface area contributed by atoms with Crippen molar-refractivity contribution in [3.05, 3.63) is 78.8 Å². The van der Waals surface area contributed by atoms with Crippen molar-refractivity contribution in [2.24, 2.45) is 0 Å². The van der Waals surface area contributed by atoms with Gasteiger partial charge in [0.15, 0.2) is 11.6 Å². The minimum atomic E-state index is -0.469. The number of hydrogen-bond acceptors (Lipinski definition) is 6. The van der Waals surface area contributed by atoms with E-state index >= 15 is 4.39 Å². The summed E-state index contributed by atoms with van der Waals surface area (Å²) in [5.41, 5.74) is 6.17. The third-order valence-electron chi connectivity index (χ3n) is 5.82. The van der Waals surface area contributed by atoms with Gasteiger partial charge in [-0.15, -0.1) is 0 Å². The average molecular weight is 465 g/mol. The Balaban J connectivity index is 1.49. The van der Waals surface area contributed by atoms with Gasteiger partial charge in [-0.3, -0.25) is 20.1 Å². The SMILES string of the molecule is CN(C)Cc1cncc(-c2ncc3[nH]nc(-c4nc5c(-c6cccnc6)cccc5[nH]4)c3c2F)c1. The molecule has 0 saturated heterocycles. The molecule has 2 N–H and O–H groups in total. The maximum Gasteiger partial charge on any atom is 0.161 e. The fraction of sp³-hybridized carbons (Fsp3) is 0.115. The van der Waals surface area contributed by atoms with Gasteiger partial charge in [0.1, 0.15) is 11.4 Å². The van der Waals surface area contributed by atoms with Gasteiger partial charge in [0.05, 0.1) is 28.1 Å². The maximum absolute atomic E-state index is 15.9. The van der Waals surface area contributed by atoms with Crippen molar-refractivity contribution in [1.29, 1.82) is 0 Å². The van der Waals surface area contributed by atoms with Crippen LogP contribution in [0.1, 0.15) is 5.56 Å². The lowest BCUT2D eigenvalue weighted by atomic mass is 10.1. The number of benzene rings is 1. The van der Waals surface area contributed by atoms with Crippen LogP contribution in [-0.4, -0.2) is 54.1 Å². The normalized spacial score (nSPS) is 11.7. The molecule has 0 aliphatic carbocycles. The zero-order valence-corrected chi connectivity index (χ0v) is 19.1. The van der Waals surface area contributed by atoms with E-state index in [0.29, 0.717) is 34.5 Å². The Morgan fingerprint density at radius 3 is 2.63 bits per heavy atom. The van der Waals surface area contributed by atoms with Crippen molar-refractivity contribution in [3.63, 3.8) is 0 Å². The molecule has 8 nitrogen and oxygen atoms in total. The predicted octanol–water partition coefficient (Wildman–Crippen LogP) is 4.83. The van der Waals surface area contributed by atoms with Crippen LogP contribution in [0.15, 0.2) is 67.4 Å². The fourth-order valence-electron chi connectivity index (χ4n) is 4.32. The van der Waals surface area contributed by atoms with Gasteiger partial charge in [-0.05, 0) is 37.9 Å². The van der Waals surface area contributed by atoms with E-state index in [1.165, 1.54) is 0 Å². The highest BCUT2D eigenvalue weighted by atomic mass is 19.1. The van der Waals surface area contributed by atoms with Gasteiger partial charge in [0.25, 0.3) is 0 Å². The van der Waals surface area contributed by atoms with Crippen molar-refractivity contribution in [2.75, 3.05) is 14.1 Å². The molecule has 172 valence electrons. The number of nitrogens with one attached hydrogen (secondary N) is 2. The van der Waals surface area contributed by atoms with Gasteiger partial charge in [0, 0.05) is 48.0 Å². The van der Waals surface area contributed by atoms with Crippen LogP contribution in [0.2, 0.25) is 0 Å². The summed E-state index contributed by atoms with van der Waals surface area (Å²) >= 11 is 0. The second-order valence-electron chi connectivity index (χ2n) is 8.63. The van der Waals surface area contributed by atoms with Crippen molar-refractivity contribution < 1.29 is 4.39 Å². The topological polar surface area (TPSA) is 99.3 Å². The number of hydrogen-bond donors (Lipinski definition) is 2. The van der Waals surface area contributed by atoms with E-state index in [2.05, 4.69) is 30.1 Å². The third-order valence-corrected chi connectivity index (χ3v) is 5.82. The Bertz CT molecular complexity index is 1670. The molecule has 0 unspecified atom stereocenters. The highest BCUT2D eigenvalue weighted by Gasteiger charge is 2.21. The number of halogens is 1. The lowest BCUT2D eigenvalue weighted by molar-refractivity contribution is 0.402. The van der Waals surface area contributed by atoms with Crippen LogP contribution >= 0.6 is 0 Å². The van der Waals surface area contributed by atoms with Crippen molar-refractivity contribution in [2.45, 2.75) is 6.54 Å². The van der Waals surface area contributed by atoms with Crippen LogP contribution in [0.5, 0.6) is 0 Å². The van der Waals surface area contributed by atoms with Gasteiger partial charge in [-0.1, -0.05) is 18.2 Å². The van der Waals surface area contributed by atoms with Crippen molar-refractivity contribution >= 4 is 21.9 Å². The van der Waals surface area contributed by atoms with E-state index in [0.717, 1.165) is 27.7 Å². The summed E-state index contributed by atoms with van der Waals surface area (Å²) in [7, 11) is 3.95. The molecule has 0 atom stereocenters. The summed E-state index contributed by atoms with van der Waals surface area (Å²) in [6.07, 6.45) is 8.51. The first-order valence-corrected chi connectivity index (χ1v) is 11.1. The first kappa shape index (κ1) is 21.1. The Labute approximate surface area is 199 Å². The summed E-state index contributed by atoms with van der Waals surface area (Å²) in [6, 6.07) is 11.6. The second kappa shape index (κ2) is 8.37. The van der Waals surface area contributed by atoms with Crippen LogP contribution in [0.4, 0.5) is 4.39 Å². The zero-order chi connectivity index (χ0) is 23.9. The average Bonchev–Trinajstić information content (AvgIpc) is 3.49. The number of rotatable bonds is 5. The fourth-order valence-corrected chi connectivity index (χ4v) is 4.32. The van der Waals surface area contributed by atoms with Crippen molar-refractivity contribution in [1.82, 2.24) is 40.0 Å². The minimum Gasteiger partial charge on any atom is -0.337 e. The summed E-state index contributed by atoms with van der Waals surface area (Å²) in [5, 5.41) is 7.60. The second-order valence-corrected chi connectivity index (χ2v) is 8.63. The van der Waals surface area contributed by atoms with Gasteiger partial charge in [-0.2, -0.15) is 5.10 Å². The highest BCUT2D eigenvalue weighted by molar-refractivity contribution is 5.98. The van der Waals surface area contributed by atoms with E-state index in [1.807, 2.05) is 55.4 Å². The quantitative estimate of drug-likeness (QED) is 0.379. The standard InChI is InChI=1S/C26H21FN8/c1-35(2)14-15-9-17(12-29-10-15)23-22(27)21-20(13-30-23)33-34-25(21)26-31-19-7-3-6-18(24(19)32-26)16-5-4-8-28-11-16/h3-13H,14H2,1-2H3,(H,31,32)(H,33,34). The molecule has 1 aromatic carbocycles. The van der Waals surface area contributed by atoms with Crippen LogP contribution in [0.3, 0.4) is 0 Å². The number of aromatic nitrogens is 7. The molecular formula is C26H21FN8. The molecule has 0 aliphatic heterocycles. The van der Waals surface area contributed by atoms with Crippen LogP contribution in [0, 0.1) is 5.82 Å². The maximum atomic E-state index is 15.9. The van der Waals surface area contributed by atoms with Crippen molar-refractivity contribution in [3.8, 4) is 33.9 Å². The number of para-hydroxylation sites is 1. The Hall–Kier alpha value is -4.50. The minimum absolute atomic E-state index is 0.223. The third kappa shape index (κ3) is 3.71. The summed E-state index contributed by atoms with van der Waals surface area (Å²) < 4.78 is 15.9. The molecule has 6 rings (SSSR count). The largest absolute Gasteiger partial charge is 0.337 e. The number of H-pyrrole nitrogens is 2. The molecule has 0 spiro atoms. The number of aromatic amines is 2. The van der Waals surface area contributed by atoms with Gasteiger partial charge in [0.2, 0.25) is 0 Å². The van der Waals surface area contributed by atoms with Crippen LogP contribution < -0.4 is 0 Å². The van der Waals surface area contributed by atoms with Gasteiger partial charge in [-0.25, -0.2) is 9.37 Å². The number of imidazole rings is 1. The molecule has 0 amide bonds. The van der Waals surface area contributed by atoms with Gasteiger partial charge >= 0.3 is 0 Å². The van der Waals surface area contributed by atoms with E-state index in [4.69, 9.17) is 4.98 Å². The Morgan fingerprint density at radius 1 is 0.914 bits per heavy atom. The lowest BCUT2D eigenvalue weighted by Gasteiger charge is -2.10. The van der Waals surface area contributed by atoms with Crippen LogP contribution in [-0.2, 0) is 6.54 Å². The number of pyridine rings is 3. The number of nitrogens with zero attached hydrogens (tertiary/aromatic N) is 6. The van der Waals surface area contributed by atoms with Gasteiger partial charge < -0.3 is 9.88 Å². The summed E-state index contributed by atoms with van der Waals surface area (Å²) in [6.45, 7) is 0.694. The molecule has 6 aromatic rings. The molecule has 5 aromatic heterocycles. The molecule has 35 heavy (non-hydrogen) atoms. The van der Waals surface area contributed by atoms with E-state index < -0.39 is 5.82 Å². The molecule has 0 radical (unpaired) electrons. The highest BCUT2D eigenvalue weighted by Crippen LogP contribution is 2.34. The first-order chi connectivity index (χ1) is 17.1. The zero-order valence-electron chi connectivity index (χ0n) is 19.1. The summed E-state index contributed by atoms with van der Waals surface area (Å²) in [4.78, 5) is 23.0. The summed E-state index contributed by atoms with van der Waals surface area (Å²) in [5.74, 6) is 0.00103. The predicted molar refractivity (Wildman–Crippen MR) is 133 cm³/mol. The molecule has 0 saturated carbocycles. The molecule has 0 aliphatic rings. The van der Waals surface area contributed by atoms with E-state index in [-0.39, 0.29) is 5.69 Å². The van der Waals surface area contributed by atoms with Crippen LogP contribution in [0.25, 0.3) is 55.8 Å². The number of fused-ring (bicyclic) bond motifs is 2. The first-order valence-electron chi connectivity index (χ1n) is 11.1. The smallest absolute Gasteiger partial charge is 0.161 e. The Morgan fingerprint density at radius 2 is 1.80 bits per heavy atom.